The van der Waals surface area contributed by atoms with E-state index in [1.165, 1.54) is 0 Å². The second-order valence-electron chi connectivity index (χ2n) is 13.2. The topological polar surface area (TPSA) is 260 Å². The molecule has 0 spiro atoms. The van der Waals surface area contributed by atoms with Crippen LogP contribution in [-0.2, 0) is 19.0 Å². The predicted molar refractivity (Wildman–Crippen MR) is 160 cm³/mol. The van der Waals surface area contributed by atoms with Crippen LogP contribution >= 0.6 is 0 Å². The van der Waals surface area contributed by atoms with Crippen molar-refractivity contribution >= 4 is 5.91 Å². The Balaban J connectivity index is 1.44. The lowest BCUT2D eigenvalue weighted by Gasteiger charge is -2.49. The first-order chi connectivity index (χ1) is 20.8. The quantitative estimate of drug-likeness (QED) is 0.0989. The van der Waals surface area contributed by atoms with Gasteiger partial charge >= 0.3 is 0 Å². The average Bonchev–Trinajstić information content (AvgIpc) is 3.39. The summed E-state index contributed by atoms with van der Waals surface area (Å²) in [6, 6.07) is -2.84. The standard InChI is InChI=1S/C29H54N6O9/c1-29(41)8-7-21(22(38)26(29)33-2)43-25-19(35-27(40)20(37)11-30)10-18(32)24(23(25)39)44-28-17(31)6-5-16(42-28)13-34-12-14-3-4-15(36)9-14/h5,14-15,17-26,28,33-34,36-39,41H,3-4,6-13,30-32H2,1-2H3,(H,35,40)/t14-,15-,17-,18+,19-,20+,21+,22+,23+,24-,25+,26-,28-,29+/m1/s1. The summed E-state index contributed by atoms with van der Waals surface area (Å²) in [5.41, 5.74) is 17.1. The van der Waals surface area contributed by atoms with E-state index in [0.717, 1.165) is 25.8 Å². The normalized spacial score (nSPS) is 43.6. The van der Waals surface area contributed by atoms with Crippen molar-refractivity contribution in [1.29, 1.82) is 0 Å². The molecule has 1 heterocycles. The van der Waals surface area contributed by atoms with Gasteiger partial charge in [0.2, 0.25) is 12.2 Å². The number of aliphatic hydroxyl groups is 5. The first-order valence-corrected chi connectivity index (χ1v) is 15.8. The van der Waals surface area contributed by atoms with Gasteiger partial charge in [0.15, 0.2) is 0 Å². The molecule has 0 aromatic heterocycles. The number of carbonyl (C=O) groups excluding carboxylic acids is 1. The largest absolute Gasteiger partial charge is 0.467 e. The summed E-state index contributed by atoms with van der Waals surface area (Å²) in [5, 5.41) is 62.2. The molecule has 14 atom stereocenters. The van der Waals surface area contributed by atoms with Gasteiger partial charge in [-0.05, 0) is 77.5 Å². The van der Waals surface area contributed by atoms with Crippen molar-refractivity contribution in [2.75, 3.05) is 26.7 Å². The minimum atomic E-state index is -1.46. The van der Waals surface area contributed by atoms with Crippen LogP contribution in [0.4, 0.5) is 0 Å². The second kappa shape index (κ2) is 15.4. The number of rotatable bonds is 12. The Hall–Kier alpha value is -1.47. The highest BCUT2D eigenvalue weighted by atomic mass is 16.7. The summed E-state index contributed by atoms with van der Waals surface area (Å²) in [5.74, 6) is 0.322. The van der Waals surface area contributed by atoms with E-state index in [4.69, 9.17) is 31.4 Å². The summed E-state index contributed by atoms with van der Waals surface area (Å²) in [7, 11) is 1.63. The maximum Gasteiger partial charge on any atom is 0.250 e. The molecule has 0 saturated heterocycles. The molecule has 15 nitrogen and oxygen atoms in total. The van der Waals surface area contributed by atoms with E-state index < -0.39 is 78.6 Å². The summed E-state index contributed by atoms with van der Waals surface area (Å²) in [6.45, 7) is 2.55. The minimum Gasteiger partial charge on any atom is -0.467 e. The number of nitrogens with one attached hydrogen (secondary N) is 3. The molecule has 254 valence electrons. The van der Waals surface area contributed by atoms with Gasteiger partial charge in [0.05, 0.1) is 48.6 Å². The Bertz CT molecular complexity index is 976. The maximum atomic E-state index is 12.6. The van der Waals surface area contributed by atoms with E-state index in [-0.39, 0.29) is 25.5 Å². The van der Waals surface area contributed by atoms with Crippen LogP contribution in [0.15, 0.2) is 11.8 Å². The fourth-order valence-electron chi connectivity index (χ4n) is 6.99. The van der Waals surface area contributed by atoms with Crippen LogP contribution in [0.1, 0.15) is 51.9 Å². The molecule has 1 amide bonds. The van der Waals surface area contributed by atoms with Gasteiger partial charge in [-0.25, -0.2) is 0 Å². The van der Waals surface area contributed by atoms with Crippen LogP contribution in [-0.4, -0.2) is 137 Å². The van der Waals surface area contributed by atoms with Crippen LogP contribution in [0.25, 0.3) is 0 Å². The fourth-order valence-corrected chi connectivity index (χ4v) is 6.99. The molecule has 1 aliphatic heterocycles. The highest BCUT2D eigenvalue weighted by Crippen LogP contribution is 2.34. The van der Waals surface area contributed by atoms with Gasteiger partial charge in [0, 0.05) is 12.6 Å². The van der Waals surface area contributed by atoms with E-state index in [1.807, 2.05) is 6.08 Å². The molecular weight excluding hydrogens is 576 g/mol. The molecule has 3 aliphatic carbocycles. The summed E-state index contributed by atoms with van der Waals surface area (Å²) in [4.78, 5) is 12.6. The van der Waals surface area contributed by atoms with Crippen molar-refractivity contribution in [3.8, 4) is 0 Å². The third-order valence-electron chi connectivity index (χ3n) is 9.61. The van der Waals surface area contributed by atoms with E-state index in [2.05, 4.69) is 16.0 Å². The highest BCUT2D eigenvalue weighted by Gasteiger charge is 2.51. The van der Waals surface area contributed by atoms with Crippen LogP contribution < -0.4 is 33.2 Å². The molecule has 14 N–H and O–H groups in total. The molecule has 44 heavy (non-hydrogen) atoms. The Kier molecular flexibility index (Phi) is 12.4. The highest BCUT2D eigenvalue weighted by molar-refractivity contribution is 5.81. The number of aliphatic hydroxyl groups excluding tert-OH is 4. The third-order valence-corrected chi connectivity index (χ3v) is 9.61. The molecule has 3 saturated carbocycles. The predicted octanol–water partition coefficient (Wildman–Crippen LogP) is -3.78. The van der Waals surface area contributed by atoms with Crippen molar-refractivity contribution in [3.63, 3.8) is 0 Å². The second-order valence-corrected chi connectivity index (χ2v) is 13.2. The van der Waals surface area contributed by atoms with E-state index in [1.54, 1.807) is 14.0 Å². The molecule has 0 aromatic carbocycles. The van der Waals surface area contributed by atoms with Crippen molar-refractivity contribution in [2.24, 2.45) is 23.1 Å². The summed E-state index contributed by atoms with van der Waals surface area (Å²) < 4.78 is 18.6. The van der Waals surface area contributed by atoms with E-state index in [9.17, 15) is 30.3 Å². The zero-order valence-electron chi connectivity index (χ0n) is 25.8. The SMILES string of the molecule is CN[C@@H]1[C@@H](O)[C@@H](O[C@@H]2[C@@H](O)[C@H](O[C@H]3OC(CNC[C@@H]4CC[C@@H](O)C4)=CC[C@H]3N)[C@@H](N)C[C@H]2NC(=O)[C@@H](O)CN)CC[C@]1(C)O. The summed E-state index contributed by atoms with van der Waals surface area (Å²) >= 11 is 0. The number of hydrogen-bond acceptors (Lipinski definition) is 14. The molecule has 0 bridgehead atoms. The van der Waals surface area contributed by atoms with Gasteiger partial charge in [-0.3, -0.25) is 4.79 Å². The zero-order chi connectivity index (χ0) is 32.2. The van der Waals surface area contributed by atoms with Gasteiger partial charge in [-0.1, -0.05) is 0 Å². The number of carbonyl (C=O) groups is 1. The van der Waals surface area contributed by atoms with Crippen molar-refractivity contribution in [1.82, 2.24) is 16.0 Å². The number of amides is 1. The van der Waals surface area contributed by atoms with E-state index >= 15 is 0 Å². The monoisotopic (exact) mass is 630 g/mol. The Morgan fingerprint density at radius 1 is 1.11 bits per heavy atom. The van der Waals surface area contributed by atoms with Crippen molar-refractivity contribution < 1.29 is 44.5 Å². The van der Waals surface area contributed by atoms with Gasteiger partial charge in [0.25, 0.3) is 0 Å². The van der Waals surface area contributed by atoms with Gasteiger partial charge in [-0.15, -0.1) is 0 Å². The molecule has 15 heteroatoms. The van der Waals surface area contributed by atoms with Gasteiger partial charge in [-0.2, -0.15) is 0 Å². The smallest absolute Gasteiger partial charge is 0.250 e. The third kappa shape index (κ3) is 8.46. The van der Waals surface area contributed by atoms with Crippen LogP contribution in [0.2, 0.25) is 0 Å². The van der Waals surface area contributed by atoms with Gasteiger partial charge in [0.1, 0.15) is 30.2 Å². The lowest BCUT2D eigenvalue weighted by molar-refractivity contribution is -0.240. The van der Waals surface area contributed by atoms with Crippen LogP contribution in [0.5, 0.6) is 0 Å². The van der Waals surface area contributed by atoms with E-state index in [0.29, 0.717) is 31.1 Å². The lowest BCUT2D eigenvalue weighted by atomic mass is 9.77. The van der Waals surface area contributed by atoms with Crippen molar-refractivity contribution in [2.45, 2.75) is 131 Å². The maximum absolute atomic E-state index is 12.6. The van der Waals surface area contributed by atoms with Gasteiger partial charge < -0.3 is 72.9 Å². The number of nitrogens with two attached hydrogens (primary N) is 3. The Morgan fingerprint density at radius 2 is 1.86 bits per heavy atom. The minimum absolute atomic E-state index is 0.116. The zero-order valence-corrected chi connectivity index (χ0v) is 25.8. The number of ether oxygens (including phenoxy) is 3. The molecule has 4 rings (SSSR count). The molecular formula is C29H54N6O9. The first kappa shape index (κ1) is 35.4. The summed E-state index contributed by atoms with van der Waals surface area (Å²) in [6.07, 6.45) is -2.31. The molecule has 0 radical (unpaired) electrons. The van der Waals surface area contributed by atoms with Crippen LogP contribution in [0, 0.1) is 5.92 Å². The van der Waals surface area contributed by atoms with Crippen molar-refractivity contribution in [3.05, 3.63) is 11.8 Å². The Labute approximate surface area is 258 Å². The average molecular weight is 631 g/mol. The number of likely N-dealkylation sites (N-methyl/N-ethyl adjacent to an activating group) is 1. The molecule has 3 fully saturated rings. The first-order valence-electron chi connectivity index (χ1n) is 15.8. The Morgan fingerprint density at radius 3 is 2.52 bits per heavy atom. The lowest BCUT2D eigenvalue weighted by Crippen LogP contribution is -2.68. The molecule has 0 unspecified atom stereocenters. The fraction of sp³-hybridized carbons (Fsp3) is 0.897. The molecule has 0 aromatic rings. The van der Waals surface area contributed by atoms with Crippen LogP contribution in [0.3, 0.4) is 0 Å². The molecule has 4 aliphatic rings. The number of hydrogen-bond donors (Lipinski definition) is 11.